The van der Waals surface area contributed by atoms with Gasteiger partial charge in [0, 0.05) is 10.0 Å². The maximum Gasteiger partial charge on any atom is 0.164 e. The van der Waals surface area contributed by atoms with Gasteiger partial charge in [-0.3, -0.25) is 0 Å². The summed E-state index contributed by atoms with van der Waals surface area (Å²) in [5, 5.41) is 7.85. The van der Waals surface area contributed by atoms with Gasteiger partial charge < -0.3 is 5.32 Å². The van der Waals surface area contributed by atoms with Gasteiger partial charge in [0.1, 0.15) is 6.33 Å². The van der Waals surface area contributed by atoms with Gasteiger partial charge in [-0.25, -0.2) is 9.67 Å². The fourth-order valence-corrected chi connectivity index (χ4v) is 2.05. The molecule has 0 unspecified atom stereocenters. The second kappa shape index (κ2) is 5.84. The molecule has 102 valence electrons. The van der Waals surface area contributed by atoms with E-state index in [0.29, 0.717) is 6.54 Å². The van der Waals surface area contributed by atoms with Crippen molar-refractivity contribution in [2.24, 2.45) is 0 Å². The number of rotatable bonds is 4. The maximum atomic E-state index is 4.47. The number of hydrogen-bond acceptors (Lipinski definition) is 3. The van der Waals surface area contributed by atoms with Gasteiger partial charge >= 0.3 is 0 Å². The van der Waals surface area contributed by atoms with Crippen LogP contribution in [-0.2, 0) is 13.1 Å². The van der Waals surface area contributed by atoms with Gasteiger partial charge in [0.05, 0.1) is 13.1 Å². The topological polar surface area (TPSA) is 42.7 Å². The van der Waals surface area contributed by atoms with E-state index >= 15 is 0 Å². The van der Waals surface area contributed by atoms with Gasteiger partial charge in [-0.15, -0.1) is 0 Å². The third-order valence-corrected chi connectivity index (χ3v) is 3.42. The molecule has 1 aromatic heterocycles. The van der Waals surface area contributed by atoms with Gasteiger partial charge in [-0.05, 0) is 32.4 Å². The van der Waals surface area contributed by atoms with Crippen LogP contribution in [-0.4, -0.2) is 20.3 Å². The molecule has 0 aliphatic heterocycles. The van der Waals surface area contributed by atoms with Crippen LogP contribution in [0.15, 0.2) is 35.1 Å². The largest absolute Gasteiger partial charge is 0.305 e. The highest BCUT2D eigenvalue weighted by Gasteiger charge is 2.10. The van der Waals surface area contributed by atoms with E-state index in [1.165, 1.54) is 5.56 Å². The van der Waals surface area contributed by atoms with Crippen LogP contribution in [0.3, 0.4) is 0 Å². The smallest absolute Gasteiger partial charge is 0.164 e. The van der Waals surface area contributed by atoms with Crippen molar-refractivity contribution >= 4 is 15.9 Å². The first-order chi connectivity index (χ1) is 8.94. The second-order valence-corrected chi connectivity index (χ2v) is 6.41. The summed E-state index contributed by atoms with van der Waals surface area (Å²) in [7, 11) is 0. The quantitative estimate of drug-likeness (QED) is 0.941. The first-order valence-corrected chi connectivity index (χ1v) is 7.10. The lowest BCUT2D eigenvalue weighted by Gasteiger charge is -2.19. The molecule has 2 aromatic rings. The Balaban J connectivity index is 2.00. The number of benzene rings is 1. The fraction of sp³-hybridized carbons (Fsp3) is 0.429. The van der Waals surface area contributed by atoms with Crippen molar-refractivity contribution in [3.05, 3.63) is 46.5 Å². The minimum Gasteiger partial charge on any atom is -0.305 e. The van der Waals surface area contributed by atoms with E-state index in [0.717, 1.165) is 16.8 Å². The van der Waals surface area contributed by atoms with Crippen LogP contribution in [0.1, 0.15) is 32.2 Å². The van der Waals surface area contributed by atoms with Crippen molar-refractivity contribution in [3.63, 3.8) is 0 Å². The molecular formula is C14H19BrN4. The average Bonchev–Trinajstić information content (AvgIpc) is 2.77. The van der Waals surface area contributed by atoms with Crippen LogP contribution in [0.25, 0.3) is 0 Å². The van der Waals surface area contributed by atoms with Crippen LogP contribution in [0.2, 0.25) is 0 Å². The molecule has 0 amide bonds. The summed E-state index contributed by atoms with van der Waals surface area (Å²) in [6.45, 7) is 7.80. The van der Waals surface area contributed by atoms with Crippen molar-refractivity contribution in [2.75, 3.05) is 0 Å². The summed E-state index contributed by atoms with van der Waals surface area (Å²) in [6.07, 6.45) is 1.78. The van der Waals surface area contributed by atoms with E-state index < -0.39 is 0 Å². The van der Waals surface area contributed by atoms with Gasteiger partial charge in [0.2, 0.25) is 0 Å². The maximum absolute atomic E-state index is 4.47. The molecule has 1 N–H and O–H groups in total. The molecule has 0 aliphatic carbocycles. The van der Waals surface area contributed by atoms with Gasteiger partial charge in [-0.1, -0.05) is 34.1 Å². The zero-order valence-electron chi connectivity index (χ0n) is 11.5. The van der Waals surface area contributed by atoms with Crippen molar-refractivity contribution in [1.82, 2.24) is 20.1 Å². The Hall–Kier alpha value is -1.20. The highest BCUT2D eigenvalue weighted by atomic mass is 79.9. The van der Waals surface area contributed by atoms with E-state index in [-0.39, 0.29) is 5.54 Å². The Morgan fingerprint density at radius 3 is 2.68 bits per heavy atom. The minimum atomic E-state index is 0.0773. The summed E-state index contributed by atoms with van der Waals surface area (Å²) in [5.74, 6) is 0.821. The Morgan fingerprint density at radius 2 is 2.00 bits per heavy atom. The van der Waals surface area contributed by atoms with Gasteiger partial charge in [-0.2, -0.15) is 5.10 Å². The Morgan fingerprint density at radius 1 is 1.26 bits per heavy atom. The first-order valence-electron chi connectivity index (χ1n) is 6.31. The number of nitrogens with one attached hydrogen (secondary N) is 1. The molecule has 0 spiro atoms. The molecule has 0 saturated heterocycles. The number of aromatic nitrogens is 3. The molecule has 0 bridgehead atoms. The van der Waals surface area contributed by atoms with Gasteiger partial charge in [0.15, 0.2) is 5.82 Å². The van der Waals surface area contributed by atoms with Gasteiger partial charge in [0.25, 0.3) is 0 Å². The van der Waals surface area contributed by atoms with Crippen molar-refractivity contribution < 1.29 is 0 Å². The third kappa shape index (κ3) is 4.44. The summed E-state index contributed by atoms with van der Waals surface area (Å²) in [6, 6.07) is 8.15. The normalized spacial score (nSPS) is 11.8. The highest BCUT2D eigenvalue weighted by Crippen LogP contribution is 2.16. The highest BCUT2D eigenvalue weighted by molar-refractivity contribution is 9.10. The molecule has 0 radical (unpaired) electrons. The average molecular weight is 323 g/mol. The molecule has 2 rings (SSSR count). The molecule has 0 aliphatic rings. The lowest BCUT2D eigenvalue weighted by Crippen LogP contribution is -2.35. The zero-order chi connectivity index (χ0) is 13.9. The summed E-state index contributed by atoms with van der Waals surface area (Å²) in [4.78, 5) is 4.32. The lowest BCUT2D eigenvalue weighted by molar-refractivity contribution is 0.417. The van der Waals surface area contributed by atoms with E-state index in [1.54, 1.807) is 6.33 Å². The molecule has 19 heavy (non-hydrogen) atoms. The molecular weight excluding hydrogens is 304 g/mol. The van der Waals surface area contributed by atoms with E-state index in [2.05, 4.69) is 58.2 Å². The van der Waals surface area contributed by atoms with Crippen LogP contribution in [0.4, 0.5) is 0 Å². The zero-order valence-corrected chi connectivity index (χ0v) is 13.1. The second-order valence-electron chi connectivity index (χ2n) is 5.55. The lowest BCUT2D eigenvalue weighted by atomic mass is 10.1. The van der Waals surface area contributed by atoms with Crippen LogP contribution < -0.4 is 5.32 Å². The Labute approximate surface area is 122 Å². The molecule has 1 heterocycles. The molecule has 4 nitrogen and oxygen atoms in total. The standard InChI is InChI=1S/C14H19BrN4/c1-14(2,3)17-8-13-16-10-19(18-13)9-11-6-4-5-7-12(11)15/h4-7,10,17H,8-9H2,1-3H3. The third-order valence-electron chi connectivity index (χ3n) is 2.65. The Bertz CT molecular complexity index is 542. The summed E-state index contributed by atoms with van der Waals surface area (Å²) in [5.41, 5.74) is 1.27. The monoisotopic (exact) mass is 322 g/mol. The summed E-state index contributed by atoms with van der Waals surface area (Å²) >= 11 is 3.54. The fourth-order valence-electron chi connectivity index (χ4n) is 1.64. The van der Waals surface area contributed by atoms with Crippen molar-refractivity contribution in [1.29, 1.82) is 0 Å². The molecule has 0 atom stereocenters. The Kier molecular flexibility index (Phi) is 4.37. The molecule has 5 heteroatoms. The molecule has 1 aromatic carbocycles. The van der Waals surface area contributed by atoms with E-state index in [1.807, 2.05) is 22.9 Å². The van der Waals surface area contributed by atoms with Crippen LogP contribution in [0.5, 0.6) is 0 Å². The number of nitrogens with zero attached hydrogens (tertiary/aromatic N) is 3. The first kappa shape index (κ1) is 14.2. The summed E-state index contributed by atoms with van der Waals surface area (Å²) < 4.78 is 2.96. The predicted octanol–water partition coefficient (Wildman–Crippen LogP) is 2.98. The van der Waals surface area contributed by atoms with E-state index in [4.69, 9.17) is 0 Å². The van der Waals surface area contributed by atoms with Crippen LogP contribution in [0, 0.1) is 0 Å². The van der Waals surface area contributed by atoms with E-state index in [9.17, 15) is 0 Å². The minimum absolute atomic E-state index is 0.0773. The van der Waals surface area contributed by atoms with Crippen LogP contribution >= 0.6 is 15.9 Å². The molecule has 0 saturated carbocycles. The number of halogens is 1. The molecule has 0 fully saturated rings. The number of hydrogen-bond donors (Lipinski definition) is 1. The predicted molar refractivity (Wildman–Crippen MR) is 79.9 cm³/mol. The SMILES string of the molecule is CC(C)(C)NCc1ncn(Cc2ccccc2Br)n1. The van der Waals surface area contributed by atoms with Crippen molar-refractivity contribution in [3.8, 4) is 0 Å². The van der Waals surface area contributed by atoms with Crippen molar-refractivity contribution in [2.45, 2.75) is 39.4 Å².